The van der Waals surface area contributed by atoms with Crippen LogP contribution >= 0.6 is 11.6 Å². The van der Waals surface area contributed by atoms with E-state index in [0.717, 1.165) is 30.4 Å². The van der Waals surface area contributed by atoms with Gasteiger partial charge in [-0.25, -0.2) is 4.68 Å². The number of carbonyl (C=O) groups is 1. The normalized spacial score (nSPS) is 14.9. The summed E-state index contributed by atoms with van der Waals surface area (Å²) in [6.45, 7) is 0. The molecule has 1 aromatic heterocycles. The molecule has 0 bridgehead atoms. The van der Waals surface area contributed by atoms with Crippen LogP contribution in [0.25, 0.3) is 11.3 Å². The second kappa shape index (κ2) is 3.96. The molecule has 2 aromatic rings. The third kappa shape index (κ3) is 1.74. The zero-order valence-corrected chi connectivity index (χ0v) is 9.76. The maximum Gasteiger partial charge on any atom is 0.172 e. The van der Waals surface area contributed by atoms with Crippen molar-refractivity contribution in [3.8, 4) is 11.3 Å². The number of aldehydes is 1. The third-order valence-corrected chi connectivity index (χ3v) is 3.18. The van der Waals surface area contributed by atoms with Gasteiger partial charge in [-0.3, -0.25) is 4.79 Å². The first kappa shape index (κ1) is 10.5. The highest BCUT2D eigenvalue weighted by Crippen LogP contribution is 2.39. The Hall–Kier alpha value is -1.68. The van der Waals surface area contributed by atoms with Crippen LogP contribution in [-0.2, 0) is 0 Å². The fourth-order valence-corrected chi connectivity index (χ4v) is 2.10. The molecule has 0 atom stereocenters. The summed E-state index contributed by atoms with van der Waals surface area (Å²) in [5, 5.41) is 8.55. The van der Waals surface area contributed by atoms with E-state index in [4.69, 9.17) is 11.6 Å². The van der Waals surface area contributed by atoms with E-state index in [9.17, 15) is 4.79 Å². The smallest absolute Gasteiger partial charge is 0.172 e. The predicted molar refractivity (Wildman–Crippen MR) is 64.1 cm³/mol. The molecule has 1 heterocycles. The zero-order valence-electron chi connectivity index (χ0n) is 9.01. The molecule has 0 saturated heterocycles. The third-order valence-electron chi connectivity index (χ3n) is 2.85. The van der Waals surface area contributed by atoms with Crippen LogP contribution in [-0.4, -0.2) is 21.3 Å². The molecular weight excluding hydrogens is 238 g/mol. The Morgan fingerprint density at radius 2 is 2.12 bits per heavy atom. The van der Waals surface area contributed by atoms with Crippen LogP contribution in [0.5, 0.6) is 0 Å². The summed E-state index contributed by atoms with van der Waals surface area (Å²) >= 11 is 6.16. The highest BCUT2D eigenvalue weighted by atomic mass is 35.5. The topological polar surface area (TPSA) is 47.8 Å². The lowest BCUT2D eigenvalue weighted by atomic mass is 10.1. The highest BCUT2D eigenvalue weighted by molar-refractivity contribution is 6.33. The molecule has 0 amide bonds. The molecule has 0 aliphatic heterocycles. The lowest BCUT2D eigenvalue weighted by molar-refractivity contribution is 0.111. The van der Waals surface area contributed by atoms with Gasteiger partial charge in [-0.1, -0.05) is 35.0 Å². The van der Waals surface area contributed by atoms with Gasteiger partial charge in [0.05, 0.1) is 11.1 Å². The lowest BCUT2D eigenvalue weighted by Gasteiger charge is -2.06. The van der Waals surface area contributed by atoms with E-state index < -0.39 is 0 Å². The summed E-state index contributed by atoms with van der Waals surface area (Å²) in [6.07, 6.45) is 2.89. The van der Waals surface area contributed by atoms with Gasteiger partial charge in [0.25, 0.3) is 0 Å². The van der Waals surface area contributed by atoms with Crippen LogP contribution in [0.1, 0.15) is 29.4 Å². The molecule has 5 heteroatoms. The number of nitrogens with zero attached hydrogens (tertiary/aromatic N) is 3. The van der Waals surface area contributed by atoms with Gasteiger partial charge in [0.2, 0.25) is 0 Å². The van der Waals surface area contributed by atoms with Gasteiger partial charge < -0.3 is 0 Å². The van der Waals surface area contributed by atoms with Crippen molar-refractivity contribution in [1.29, 1.82) is 0 Å². The second-order valence-corrected chi connectivity index (χ2v) is 4.50. The minimum Gasteiger partial charge on any atom is -0.296 e. The fraction of sp³-hybridized carbons (Fsp3) is 0.250. The molecular formula is C12H10ClN3O. The maximum atomic E-state index is 11.0. The summed E-state index contributed by atoms with van der Waals surface area (Å²) in [5.41, 5.74) is 1.89. The van der Waals surface area contributed by atoms with Crippen LogP contribution in [0, 0.1) is 0 Å². The largest absolute Gasteiger partial charge is 0.296 e. The minimum atomic E-state index is 0.352. The Balaban J connectivity index is 2.21. The van der Waals surface area contributed by atoms with Gasteiger partial charge in [0.15, 0.2) is 12.0 Å². The Bertz CT molecular complexity index is 575. The van der Waals surface area contributed by atoms with Crippen LogP contribution in [0.4, 0.5) is 0 Å². The maximum absolute atomic E-state index is 11.0. The van der Waals surface area contributed by atoms with E-state index >= 15 is 0 Å². The predicted octanol–water partition coefficient (Wildman–Crippen LogP) is 2.75. The Morgan fingerprint density at radius 1 is 1.35 bits per heavy atom. The Morgan fingerprint density at radius 3 is 2.76 bits per heavy atom. The molecule has 0 radical (unpaired) electrons. The summed E-state index contributed by atoms with van der Waals surface area (Å²) in [7, 11) is 0. The summed E-state index contributed by atoms with van der Waals surface area (Å²) in [6, 6.07) is 7.79. The quantitative estimate of drug-likeness (QED) is 0.784. The molecule has 3 rings (SSSR count). The Kier molecular flexibility index (Phi) is 2.44. The zero-order chi connectivity index (χ0) is 11.8. The van der Waals surface area contributed by atoms with Gasteiger partial charge in [-0.15, -0.1) is 5.10 Å². The first-order valence-corrected chi connectivity index (χ1v) is 5.84. The molecule has 1 aromatic carbocycles. The number of aromatic nitrogens is 3. The molecule has 0 unspecified atom stereocenters. The van der Waals surface area contributed by atoms with Gasteiger partial charge in [0, 0.05) is 5.56 Å². The molecule has 4 nitrogen and oxygen atoms in total. The average Bonchev–Trinajstić information content (AvgIpc) is 3.10. The van der Waals surface area contributed by atoms with Crippen LogP contribution in [0.3, 0.4) is 0 Å². The standard InChI is InChI=1S/C12H10ClN3O/c13-10-4-2-1-3-9(10)12-11(7-17)14-15-16(12)8-5-6-8/h1-4,7-8H,5-6H2. The van der Waals surface area contributed by atoms with Gasteiger partial charge in [-0.05, 0) is 18.9 Å². The van der Waals surface area contributed by atoms with Crippen molar-refractivity contribution in [2.75, 3.05) is 0 Å². The van der Waals surface area contributed by atoms with E-state index in [1.165, 1.54) is 0 Å². The van der Waals surface area contributed by atoms with Crippen molar-refractivity contribution in [1.82, 2.24) is 15.0 Å². The summed E-state index contributed by atoms with van der Waals surface area (Å²) in [4.78, 5) is 11.0. The monoisotopic (exact) mass is 247 g/mol. The van der Waals surface area contributed by atoms with Gasteiger partial charge in [-0.2, -0.15) is 0 Å². The van der Waals surface area contributed by atoms with E-state index in [-0.39, 0.29) is 0 Å². The van der Waals surface area contributed by atoms with Crippen molar-refractivity contribution in [2.24, 2.45) is 0 Å². The number of hydrogen-bond acceptors (Lipinski definition) is 3. The summed E-state index contributed by atoms with van der Waals surface area (Å²) < 4.78 is 1.81. The SMILES string of the molecule is O=Cc1nnn(C2CC2)c1-c1ccccc1Cl. The van der Waals surface area contributed by atoms with Gasteiger partial charge in [0.1, 0.15) is 5.69 Å². The number of rotatable bonds is 3. The first-order valence-electron chi connectivity index (χ1n) is 5.46. The fourth-order valence-electron chi connectivity index (χ4n) is 1.87. The van der Waals surface area contributed by atoms with Crippen molar-refractivity contribution < 1.29 is 4.79 Å². The molecule has 86 valence electrons. The molecule has 1 aliphatic carbocycles. The van der Waals surface area contributed by atoms with Crippen LogP contribution in [0.15, 0.2) is 24.3 Å². The van der Waals surface area contributed by atoms with Crippen molar-refractivity contribution in [3.63, 3.8) is 0 Å². The Labute approximate surface area is 103 Å². The second-order valence-electron chi connectivity index (χ2n) is 4.10. The number of carbonyl (C=O) groups excluding carboxylic acids is 1. The van der Waals surface area contributed by atoms with Crippen LogP contribution in [0.2, 0.25) is 5.02 Å². The first-order chi connectivity index (χ1) is 8.31. The molecule has 1 saturated carbocycles. The van der Waals surface area contributed by atoms with Gasteiger partial charge >= 0.3 is 0 Å². The van der Waals surface area contributed by atoms with E-state index in [0.29, 0.717) is 16.8 Å². The molecule has 17 heavy (non-hydrogen) atoms. The minimum absolute atomic E-state index is 0.352. The van der Waals surface area contributed by atoms with E-state index in [1.54, 1.807) is 6.07 Å². The van der Waals surface area contributed by atoms with E-state index in [2.05, 4.69) is 10.3 Å². The highest BCUT2D eigenvalue weighted by Gasteiger charge is 2.29. The average molecular weight is 248 g/mol. The molecule has 1 fully saturated rings. The molecule has 0 N–H and O–H groups in total. The molecule has 1 aliphatic rings. The number of hydrogen-bond donors (Lipinski definition) is 0. The van der Waals surface area contributed by atoms with Crippen molar-refractivity contribution >= 4 is 17.9 Å². The lowest BCUT2D eigenvalue weighted by Crippen LogP contribution is -2.00. The summed E-state index contributed by atoms with van der Waals surface area (Å²) in [5.74, 6) is 0. The number of halogens is 1. The van der Waals surface area contributed by atoms with Crippen molar-refractivity contribution in [3.05, 3.63) is 35.0 Å². The van der Waals surface area contributed by atoms with E-state index in [1.807, 2.05) is 22.9 Å². The number of benzene rings is 1. The van der Waals surface area contributed by atoms with Crippen molar-refractivity contribution in [2.45, 2.75) is 18.9 Å². The molecule has 0 spiro atoms. The van der Waals surface area contributed by atoms with Crippen LogP contribution < -0.4 is 0 Å².